The first-order chi connectivity index (χ1) is 9.70. The van der Waals surface area contributed by atoms with Crippen molar-refractivity contribution in [3.8, 4) is 5.75 Å². The molecule has 0 aliphatic rings. The van der Waals surface area contributed by atoms with E-state index in [1.807, 2.05) is 23.5 Å². The first kappa shape index (κ1) is 18.0. The number of thiophene rings is 1. The van der Waals surface area contributed by atoms with Crippen LogP contribution in [0.2, 0.25) is 0 Å². The molecule has 116 valence electrons. The Morgan fingerprint density at radius 3 is 2.67 bits per heavy atom. The number of halogens is 1. The summed E-state index contributed by atoms with van der Waals surface area (Å²) in [5.41, 5.74) is 1.13. The van der Waals surface area contributed by atoms with E-state index in [9.17, 15) is 5.11 Å². The molecule has 1 aromatic carbocycles. The molecule has 0 amide bonds. The Bertz CT molecular complexity index is 515. The van der Waals surface area contributed by atoms with Crippen molar-refractivity contribution in [1.29, 1.82) is 0 Å². The third-order valence-electron chi connectivity index (χ3n) is 3.62. The van der Waals surface area contributed by atoms with Crippen molar-refractivity contribution in [3.63, 3.8) is 0 Å². The lowest BCUT2D eigenvalue weighted by molar-refractivity contribution is 0.469. The Kier molecular flexibility index (Phi) is 7.79. The molecule has 2 nitrogen and oxygen atoms in total. The van der Waals surface area contributed by atoms with Gasteiger partial charge in [0.05, 0.1) is 0 Å². The summed E-state index contributed by atoms with van der Waals surface area (Å²) in [6.45, 7) is 5.36. The van der Waals surface area contributed by atoms with Crippen molar-refractivity contribution in [1.82, 2.24) is 5.32 Å². The number of rotatable bonds is 7. The summed E-state index contributed by atoms with van der Waals surface area (Å²) in [6, 6.07) is 12.1. The zero-order chi connectivity index (χ0) is 14.4. The lowest BCUT2D eigenvalue weighted by Crippen LogP contribution is -2.24. The van der Waals surface area contributed by atoms with Crippen molar-refractivity contribution >= 4 is 23.7 Å². The fourth-order valence-electron chi connectivity index (χ4n) is 2.45. The van der Waals surface area contributed by atoms with Crippen LogP contribution in [0.15, 0.2) is 41.8 Å². The van der Waals surface area contributed by atoms with E-state index in [1.54, 1.807) is 6.07 Å². The topological polar surface area (TPSA) is 32.3 Å². The minimum atomic E-state index is 0. The summed E-state index contributed by atoms with van der Waals surface area (Å²) >= 11 is 1.84. The zero-order valence-electron chi connectivity index (χ0n) is 12.6. The van der Waals surface area contributed by atoms with Crippen LogP contribution < -0.4 is 5.32 Å². The predicted octanol–water partition coefficient (Wildman–Crippen LogP) is 5.11. The Balaban J connectivity index is 0.00000220. The highest BCUT2D eigenvalue weighted by Gasteiger charge is 2.13. The summed E-state index contributed by atoms with van der Waals surface area (Å²) in [7, 11) is 0. The lowest BCUT2D eigenvalue weighted by Gasteiger charge is -2.20. The molecule has 0 aliphatic carbocycles. The van der Waals surface area contributed by atoms with Gasteiger partial charge in [0.2, 0.25) is 0 Å². The number of nitrogens with one attached hydrogen (secondary N) is 1. The maximum Gasteiger partial charge on any atom is 0.115 e. The van der Waals surface area contributed by atoms with E-state index >= 15 is 0 Å². The normalized spacial score (nSPS) is 13.4. The molecule has 2 N–H and O–H groups in total. The first-order valence-corrected chi connectivity index (χ1v) is 8.14. The number of hydrogen-bond acceptors (Lipinski definition) is 3. The minimum absolute atomic E-state index is 0. The average molecular weight is 326 g/mol. The van der Waals surface area contributed by atoms with Crippen LogP contribution in [-0.4, -0.2) is 11.7 Å². The smallest absolute Gasteiger partial charge is 0.115 e. The minimum Gasteiger partial charge on any atom is -0.508 e. The van der Waals surface area contributed by atoms with E-state index in [2.05, 4.69) is 42.7 Å². The fourth-order valence-corrected chi connectivity index (χ4v) is 3.31. The molecule has 0 radical (unpaired) electrons. The average Bonchev–Trinajstić information content (AvgIpc) is 2.97. The fraction of sp³-hybridized carbons (Fsp3) is 0.412. The van der Waals surface area contributed by atoms with Crippen molar-refractivity contribution in [2.75, 3.05) is 6.54 Å². The molecule has 21 heavy (non-hydrogen) atoms. The number of phenolic OH excluding ortho intramolecular Hbond substituents is 1. The molecular formula is C17H24ClNOS. The Morgan fingerprint density at radius 2 is 2.05 bits per heavy atom. The van der Waals surface area contributed by atoms with Crippen molar-refractivity contribution in [3.05, 3.63) is 52.2 Å². The maximum atomic E-state index is 9.55. The summed E-state index contributed by atoms with van der Waals surface area (Å²) in [6.07, 6.45) is 2.41. The molecule has 0 spiro atoms. The number of phenols is 1. The van der Waals surface area contributed by atoms with Gasteiger partial charge in [-0.25, -0.2) is 0 Å². The third kappa shape index (κ3) is 5.34. The molecule has 0 aliphatic heterocycles. The van der Waals surface area contributed by atoms with Crippen LogP contribution in [0.4, 0.5) is 0 Å². The molecule has 0 fully saturated rings. The highest BCUT2D eigenvalue weighted by Crippen LogP contribution is 2.26. The first-order valence-electron chi connectivity index (χ1n) is 7.26. The van der Waals surface area contributed by atoms with Crippen LogP contribution in [0.3, 0.4) is 0 Å². The highest BCUT2D eigenvalue weighted by molar-refractivity contribution is 7.10. The highest BCUT2D eigenvalue weighted by atomic mass is 35.5. The van der Waals surface area contributed by atoms with Gasteiger partial charge in [-0.15, -0.1) is 23.7 Å². The quantitative estimate of drug-likeness (QED) is 0.741. The van der Waals surface area contributed by atoms with Gasteiger partial charge in [0, 0.05) is 23.4 Å². The molecular weight excluding hydrogens is 302 g/mol. The standard InChI is InChI=1S/C17H23NOS.ClH/c1-3-6-15(17-9-5-10-20-17)12-18-13(2)14-7-4-8-16(19)11-14;/h4-5,7-11,13,15,18-19H,3,6,12H2,1-2H3;1H. The van der Waals surface area contributed by atoms with Crippen LogP contribution in [0, 0.1) is 0 Å². The molecule has 2 aromatic rings. The van der Waals surface area contributed by atoms with Gasteiger partial charge < -0.3 is 10.4 Å². The van der Waals surface area contributed by atoms with Gasteiger partial charge in [-0.1, -0.05) is 31.5 Å². The second kappa shape index (κ2) is 9.08. The maximum absolute atomic E-state index is 9.55. The van der Waals surface area contributed by atoms with Crippen LogP contribution in [0.5, 0.6) is 5.75 Å². The Morgan fingerprint density at radius 1 is 1.24 bits per heavy atom. The van der Waals surface area contributed by atoms with E-state index in [1.165, 1.54) is 17.7 Å². The lowest BCUT2D eigenvalue weighted by atomic mass is 10.0. The number of benzene rings is 1. The van der Waals surface area contributed by atoms with E-state index in [0.717, 1.165) is 12.1 Å². The van der Waals surface area contributed by atoms with E-state index in [-0.39, 0.29) is 18.4 Å². The molecule has 2 atom stereocenters. The summed E-state index contributed by atoms with van der Waals surface area (Å²) < 4.78 is 0. The van der Waals surface area contributed by atoms with Crippen molar-refractivity contribution in [2.45, 2.75) is 38.6 Å². The molecule has 2 rings (SSSR count). The molecule has 1 aromatic heterocycles. The van der Waals surface area contributed by atoms with Crippen LogP contribution >= 0.6 is 23.7 Å². The van der Waals surface area contributed by atoms with Crippen LogP contribution in [0.25, 0.3) is 0 Å². The molecule has 4 heteroatoms. The van der Waals surface area contributed by atoms with E-state index < -0.39 is 0 Å². The molecule has 1 heterocycles. The van der Waals surface area contributed by atoms with Crippen LogP contribution in [0.1, 0.15) is 49.1 Å². The third-order valence-corrected chi connectivity index (χ3v) is 4.66. The molecule has 0 saturated carbocycles. The molecule has 0 saturated heterocycles. The van der Waals surface area contributed by atoms with Crippen molar-refractivity contribution < 1.29 is 5.11 Å². The second-order valence-electron chi connectivity index (χ2n) is 5.23. The Hall–Kier alpha value is -1.03. The van der Waals surface area contributed by atoms with Gasteiger partial charge in [0.15, 0.2) is 0 Å². The van der Waals surface area contributed by atoms with Gasteiger partial charge >= 0.3 is 0 Å². The van der Waals surface area contributed by atoms with Gasteiger partial charge in [-0.2, -0.15) is 0 Å². The predicted molar refractivity (Wildman–Crippen MR) is 93.7 cm³/mol. The molecule has 2 unspecified atom stereocenters. The van der Waals surface area contributed by atoms with Gasteiger partial charge in [-0.3, -0.25) is 0 Å². The Labute approximate surface area is 137 Å². The second-order valence-corrected chi connectivity index (χ2v) is 6.21. The van der Waals surface area contributed by atoms with E-state index in [4.69, 9.17) is 0 Å². The van der Waals surface area contributed by atoms with Crippen LogP contribution in [-0.2, 0) is 0 Å². The largest absolute Gasteiger partial charge is 0.508 e. The SMILES string of the molecule is CCCC(CNC(C)c1cccc(O)c1)c1cccs1.Cl. The number of hydrogen-bond donors (Lipinski definition) is 2. The number of aromatic hydroxyl groups is 1. The zero-order valence-corrected chi connectivity index (χ0v) is 14.2. The summed E-state index contributed by atoms with van der Waals surface area (Å²) in [5, 5.41) is 15.3. The van der Waals surface area contributed by atoms with Gasteiger partial charge in [0.25, 0.3) is 0 Å². The molecule has 0 bridgehead atoms. The van der Waals surface area contributed by atoms with Gasteiger partial charge in [-0.05, 0) is 42.5 Å². The van der Waals surface area contributed by atoms with Crippen molar-refractivity contribution in [2.24, 2.45) is 0 Å². The summed E-state index contributed by atoms with van der Waals surface area (Å²) in [5.74, 6) is 0.916. The van der Waals surface area contributed by atoms with Gasteiger partial charge in [0.1, 0.15) is 5.75 Å². The summed E-state index contributed by atoms with van der Waals surface area (Å²) in [4.78, 5) is 1.46. The van der Waals surface area contributed by atoms with E-state index in [0.29, 0.717) is 11.7 Å². The monoisotopic (exact) mass is 325 g/mol.